The van der Waals surface area contributed by atoms with E-state index in [4.69, 9.17) is 0 Å². The number of halogens is 3. The van der Waals surface area contributed by atoms with Crippen LogP contribution in [0.4, 0.5) is 24.8 Å². The Labute approximate surface area is 168 Å². The lowest BCUT2D eigenvalue weighted by molar-refractivity contribution is -0.258. The molecule has 2 N–H and O–H groups in total. The van der Waals surface area contributed by atoms with Crippen molar-refractivity contribution >= 4 is 28.8 Å². The molecule has 0 spiro atoms. The first-order chi connectivity index (χ1) is 13.5. The van der Waals surface area contributed by atoms with Gasteiger partial charge in [-0.3, -0.25) is 4.79 Å². The van der Waals surface area contributed by atoms with E-state index >= 15 is 0 Å². The number of hydrogen-bond acceptors (Lipinski definition) is 7. The van der Waals surface area contributed by atoms with Gasteiger partial charge in [0.2, 0.25) is 11.5 Å². The molecule has 0 bridgehead atoms. The molecule has 3 aromatic rings. The number of rotatable bonds is 5. The number of aryl methyl sites for hydroxylation is 1. The fourth-order valence-corrected chi connectivity index (χ4v) is 3.46. The maximum Gasteiger partial charge on any atom is 0.423 e. The summed E-state index contributed by atoms with van der Waals surface area (Å²) in [4.78, 5) is 23.9. The van der Waals surface area contributed by atoms with Gasteiger partial charge in [-0.15, -0.1) is 11.3 Å². The van der Waals surface area contributed by atoms with Crippen LogP contribution >= 0.6 is 11.3 Å². The number of thiazole rings is 1. The Kier molecular flexibility index (Phi) is 5.42. The van der Waals surface area contributed by atoms with Gasteiger partial charge in [-0.25, -0.2) is 15.0 Å². The standard InChI is InChI=1S/C19H17F3N4O2S/c1-10-6-12(15-9-24-16(29-15)18(3,28)19(20,21)22)8-13(7-10)25-17-23-5-4-14(26-17)11(2)27/h4-9,28H,1-3H3,(H,23,25,26). The molecular weight excluding hydrogens is 405 g/mol. The molecule has 0 radical (unpaired) electrons. The highest BCUT2D eigenvalue weighted by Crippen LogP contribution is 2.42. The molecule has 1 aromatic carbocycles. The Morgan fingerprint density at radius 1 is 1.21 bits per heavy atom. The molecule has 0 aliphatic rings. The fraction of sp³-hybridized carbons (Fsp3) is 0.263. The van der Waals surface area contributed by atoms with Crippen molar-refractivity contribution in [1.29, 1.82) is 0 Å². The zero-order valence-electron chi connectivity index (χ0n) is 15.7. The Balaban J connectivity index is 1.93. The first-order valence-electron chi connectivity index (χ1n) is 8.46. The maximum absolute atomic E-state index is 13.1. The minimum Gasteiger partial charge on any atom is -0.375 e. The van der Waals surface area contributed by atoms with Crippen LogP contribution in [0.3, 0.4) is 0 Å². The third kappa shape index (κ3) is 4.43. The molecule has 0 saturated heterocycles. The summed E-state index contributed by atoms with van der Waals surface area (Å²) in [5.41, 5.74) is -0.709. The molecule has 0 fully saturated rings. The zero-order valence-corrected chi connectivity index (χ0v) is 16.5. The van der Waals surface area contributed by atoms with Crippen LogP contribution in [0, 0.1) is 6.92 Å². The van der Waals surface area contributed by atoms with Gasteiger partial charge in [0.25, 0.3) is 0 Å². The van der Waals surface area contributed by atoms with Gasteiger partial charge >= 0.3 is 6.18 Å². The third-order valence-corrected chi connectivity index (χ3v) is 5.37. The summed E-state index contributed by atoms with van der Waals surface area (Å²) >= 11 is 0.765. The van der Waals surface area contributed by atoms with E-state index in [1.807, 2.05) is 6.92 Å². The van der Waals surface area contributed by atoms with Gasteiger partial charge < -0.3 is 10.4 Å². The minimum absolute atomic E-state index is 0.200. The topological polar surface area (TPSA) is 88.0 Å². The smallest absolute Gasteiger partial charge is 0.375 e. The van der Waals surface area contributed by atoms with Gasteiger partial charge in [0, 0.05) is 25.0 Å². The summed E-state index contributed by atoms with van der Waals surface area (Å²) in [7, 11) is 0. The van der Waals surface area contributed by atoms with E-state index in [-0.39, 0.29) is 17.4 Å². The summed E-state index contributed by atoms with van der Waals surface area (Å²) < 4.78 is 39.2. The molecule has 2 heterocycles. The molecule has 1 atom stereocenters. The number of aromatic nitrogens is 3. The molecule has 0 aliphatic carbocycles. The summed E-state index contributed by atoms with van der Waals surface area (Å²) in [6.45, 7) is 3.90. The molecule has 2 aromatic heterocycles. The highest BCUT2D eigenvalue weighted by Gasteiger charge is 2.53. The number of alkyl halides is 3. The van der Waals surface area contributed by atoms with Gasteiger partial charge in [-0.05, 0) is 43.2 Å². The van der Waals surface area contributed by atoms with E-state index in [2.05, 4.69) is 20.3 Å². The van der Waals surface area contributed by atoms with Crippen molar-refractivity contribution in [2.45, 2.75) is 32.5 Å². The molecule has 0 aliphatic heterocycles. The van der Waals surface area contributed by atoms with E-state index < -0.39 is 16.8 Å². The normalized spacial score (nSPS) is 13.8. The highest BCUT2D eigenvalue weighted by atomic mass is 32.1. The van der Waals surface area contributed by atoms with Gasteiger partial charge in [-0.2, -0.15) is 13.2 Å². The van der Waals surface area contributed by atoms with Crippen molar-refractivity contribution in [3.63, 3.8) is 0 Å². The maximum atomic E-state index is 13.1. The van der Waals surface area contributed by atoms with Crippen LogP contribution in [0.5, 0.6) is 0 Å². The lowest BCUT2D eigenvalue weighted by Crippen LogP contribution is -2.39. The average molecular weight is 422 g/mol. The van der Waals surface area contributed by atoms with Gasteiger partial charge in [0.05, 0.1) is 4.88 Å². The van der Waals surface area contributed by atoms with E-state index in [1.165, 1.54) is 25.4 Å². The number of nitrogens with one attached hydrogen (secondary N) is 1. The molecule has 6 nitrogen and oxygen atoms in total. The first-order valence-corrected chi connectivity index (χ1v) is 9.27. The highest BCUT2D eigenvalue weighted by molar-refractivity contribution is 7.15. The molecule has 29 heavy (non-hydrogen) atoms. The van der Waals surface area contributed by atoms with Crippen LogP contribution in [-0.4, -0.2) is 32.0 Å². The number of carbonyl (C=O) groups excluding carboxylic acids is 1. The fourth-order valence-electron chi connectivity index (χ4n) is 2.50. The minimum atomic E-state index is -4.83. The monoisotopic (exact) mass is 422 g/mol. The molecule has 0 saturated carbocycles. The Bertz CT molecular complexity index is 1060. The predicted molar refractivity (Wildman–Crippen MR) is 103 cm³/mol. The van der Waals surface area contributed by atoms with Gasteiger partial charge in [0.15, 0.2) is 5.78 Å². The summed E-state index contributed by atoms with van der Waals surface area (Å²) in [5, 5.41) is 12.4. The van der Waals surface area contributed by atoms with Gasteiger partial charge in [-0.1, -0.05) is 6.07 Å². The number of ketones is 1. The predicted octanol–water partition coefficient (Wildman–Crippen LogP) is 4.62. The number of benzene rings is 1. The number of anilines is 2. The second kappa shape index (κ2) is 7.53. The molecule has 152 valence electrons. The van der Waals surface area contributed by atoms with E-state index in [0.29, 0.717) is 23.1 Å². The number of hydrogen-bond donors (Lipinski definition) is 2. The van der Waals surface area contributed by atoms with Crippen LogP contribution in [0.15, 0.2) is 36.7 Å². The number of nitrogens with zero attached hydrogens (tertiary/aromatic N) is 3. The number of aliphatic hydroxyl groups is 1. The Hall–Kier alpha value is -2.85. The second-order valence-corrected chi connectivity index (χ2v) is 7.66. The van der Waals surface area contributed by atoms with Crippen molar-refractivity contribution in [2.75, 3.05) is 5.32 Å². The van der Waals surface area contributed by atoms with Crippen molar-refractivity contribution in [3.05, 3.63) is 52.9 Å². The number of carbonyl (C=O) groups is 1. The average Bonchev–Trinajstić information content (AvgIpc) is 3.11. The number of Topliss-reactive ketones (excluding diaryl/α,β-unsaturated/α-hetero) is 1. The molecular formula is C19H17F3N4O2S. The molecule has 1 unspecified atom stereocenters. The van der Waals surface area contributed by atoms with Crippen molar-refractivity contribution in [3.8, 4) is 10.4 Å². The van der Waals surface area contributed by atoms with Crippen LogP contribution < -0.4 is 5.32 Å². The van der Waals surface area contributed by atoms with Crippen LogP contribution in [0.25, 0.3) is 10.4 Å². The molecule has 0 amide bonds. The van der Waals surface area contributed by atoms with E-state index in [9.17, 15) is 23.1 Å². The summed E-state index contributed by atoms with van der Waals surface area (Å²) in [6.07, 6.45) is -2.08. The first kappa shape index (κ1) is 20.9. The SMILES string of the molecule is CC(=O)c1ccnc(Nc2cc(C)cc(-c3cnc(C(C)(O)C(F)(F)F)s3)c2)n1. The summed E-state index contributed by atoms with van der Waals surface area (Å²) in [5.74, 6) is 0.0218. The quantitative estimate of drug-likeness (QED) is 0.583. The third-order valence-electron chi connectivity index (χ3n) is 4.11. The zero-order chi connectivity index (χ0) is 21.4. The van der Waals surface area contributed by atoms with Crippen LogP contribution in [-0.2, 0) is 5.60 Å². The van der Waals surface area contributed by atoms with E-state index in [0.717, 1.165) is 16.9 Å². The Morgan fingerprint density at radius 2 is 1.93 bits per heavy atom. The summed E-state index contributed by atoms with van der Waals surface area (Å²) in [6, 6.07) is 6.80. The largest absolute Gasteiger partial charge is 0.423 e. The lowest BCUT2D eigenvalue weighted by Gasteiger charge is -2.23. The lowest BCUT2D eigenvalue weighted by atomic mass is 10.1. The van der Waals surface area contributed by atoms with Gasteiger partial charge in [0.1, 0.15) is 10.7 Å². The van der Waals surface area contributed by atoms with Crippen molar-refractivity contribution in [1.82, 2.24) is 15.0 Å². The van der Waals surface area contributed by atoms with Crippen LogP contribution in [0.2, 0.25) is 0 Å². The second-order valence-electron chi connectivity index (χ2n) is 6.63. The van der Waals surface area contributed by atoms with E-state index in [1.54, 1.807) is 18.2 Å². The van der Waals surface area contributed by atoms with Crippen LogP contribution in [0.1, 0.15) is 34.9 Å². The molecule has 3 rings (SSSR count). The Morgan fingerprint density at radius 3 is 2.59 bits per heavy atom. The van der Waals surface area contributed by atoms with Crippen molar-refractivity contribution in [2.24, 2.45) is 0 Å². The van der Waals surface area contributed by atoms with Crippen molar-refractivity contribution < 1.29 is 23.1 Å². The molecule has 10 heteroatoms.